The SMILES string of the molecule is O=S([O-])NCc1ccco1. The van der Waals surface area contributed by atoms with Crippen LogP contribution in [-0.4, -0.2) is 8.76 Å². The van der Waals surface area contributed by atoms with E-state index in [4.69, 9.17) is 4.42 Å². The molecule has 0 saturated heterocycles. The topological polar surface area (TPSA) is 65.3 Å². The highest BCUT2D eigenvalue weighted by atomic mass is 32.2. The molecule has 0 aliphatic carbocycles. The highest BCUT2D eigenvalue weighted by Gasteiger charge is 1.91. The summed E-state index contributed by atoms with van der Waals surface area (Å²) in [5, 5.41) is 0. The van der Waals surface area contributed by atoms with E-state index >= 15 is 0 Å². The number of rotatable bonds is 3. The van der Waals surface area contributed by atoms with Crippen LogP contribution >= 0.6 is 0 Å². The molecule has 1 atom stereocenters. The van der Waals surface area contributed by atoms with Crippen molar-refractivity contribution in [2.45, 2.75) is 6.54 Å². The van der Waals surface area contributed by atoms with E-state index in [0.717, 1.165) is 0 Å². The Labute approximate surface area is 60.7 Å². The molecule has 1 heterocycles. The minimum atomic E-state index is -2.21. The van der Waals surface area contributed by atoms with Gasteiger partial charge in [0.15, 0.2) is 0 Å². The van der Waals surface area contributed by atoms with E-state index in [2.05, 4.69) is 4.72 Å². The molecule has 0 bridgehead atoms. The van der Waals surface area contributed by atoms with E-state index in [-0.39, 0.29) is 6.54 Å². The lowest BCUT2D eigenvalue weighted by Crippen LogP contribution is -2.14. The van der Waals surface area contributed by atoms with Crippen molar-refractivity contribution in [3.05, 3.63) is 24.2 Å². The van der Waals surface area contributed by atoms with Crippen molar-refractivity contribution >= 4 is 11.3 Å². The van der Waals surface area contributed by atoms with Crippen molar-refractivity contribution in [3.8, 4) is 0 Å². The monoisotopic (exact) mass is 160 g/mol. The molecule has 1 aromatic heterocycles. The van der Waals surface area contributed by atoms with Crippen molar-refractivity contribution in [3.63, 3.8) is 0 Å². The molecule has 0 fully saturated rings. The van der Waals surface area contributed by atoms with Gasteiger partial charge in [-0.3, -0.25) is 4.21 Å². The quantitative estimate of drug-likeness (QED) is 0.640. The number of nitrogens with one attached hydrogen (secondary N) is 1. The smallest absolute Gasteiger partial charge is 0.118 e. The Hall–Kier alpha value is -0.650. The molecule has 5 heteroatoms. The number of hydrogen-bond donors (Lipinski definition) is 1. The van der Waals surface area contributed by atoms with Crippen molar-refractivity contribution in [2.75, 3.05) is 0 Å². The summed E-state index contributed by atoms with van der Waals surface area (Å²) >= 11 is -2.21. The van der Waals surface area contributed by atoms with Crippen LogP contribution < -0.4 is 4.72 Å². The van der Waals surface area contributed by atoms with Crippen LogP contribution in [0.4, 0.5) is 0 Å². The average Bonchev–Trinajstić information content (AvgIpc) is 2.34. The van der Waals surface area contributed by atoms with Gasteiger partial charge in [-0.25, -0.2) is 4.72 Å². The lowest BCUT2D eigenvalue weighted by Gasteiger charge is -2.03. The van der Waals surface area contributed by atoms with E-state index in [9.17, 15) is 8.76 Å². The summed E-state index contributed by atoms with van der Waals surface area (Å²) in [7, 11) is 0. The first-order valence-electron chi connectivity index (χ1n) is 2.64. The van der Waals surface area contributed by atoms with Gasteiger partial charge in [0.1, 0.15) is 5.76 Å². The molecular weight excluding hydrogens is 154 g/mol. The molecule has 0 amide bonds. The fourth-order valence-corrected chi connectivity index (χ4v) is 0.803. The summed E-state index contributed by atoms with van der Waals surface area (Å²) < 4.78 is 26.9. The first-order valence-corrected chi connectivity index (χ1v) is 3.71. The molecule has 1 rings (SSSR count). The Morgan fingerprint density at radius 2 is 2.60 bits per heavy atom. The summed E-state index contributed by atoms with van der Waals surface area (Å²) in [6.45, 7) is 0.211. The third kappa shape index (κ3) is 2.30. The van der Waals surface area contributed by atoms with Gasteiger partial charge in [0, 0.05) is 11.3 Å². The third-order valence-electron chi connectivity index (χ3n) is 0.944. The van der Waals surface area contributed by atoms with Crippen LogP contribution in [0.15, 0.2) is 22.8 Å². The molecule has 1 N–H and O–H groups in total. The van der Waals surface area contributed by atoms with E-state index in [1.165, 1.54) is 6.26 Å². The second-order valence-corrected chi connectivity index (χ2v) is 2.39. The molecule has 0 radical (unpaired) electrons. The van der Waals surface area contributed by atoms with E-state index < -0.39 is 11.3 Å². The summed E-state index contributed by atoms with van der Waals surface area (Å²) in [6, 6.07) is 3.39. The fraction of sp³-hybridized carbons (Fsp3) is 0.200. The lowest BCUT2D eigenvalue weighted by molar-refractivity contribution is 0.486. The standard InChI is InChI=1S/C5H7NO3S/c7-10(8)6-4-5-2-1-3-9-5/h1-3,6H,4H2,(H,7,8)/p-1. The first-order chi connectivity index (χ1) is 4.79. The number of hydrogen-bond acceptors (Lipinski definition) is 3. The highest BCUT2D eigenvalue weighted by Crippen LogP contribution is 1.97. The Kier molecular flexibility index (Phi) is 2.61. The van der Waals surface area contributed by atoms with Gasteiger partial charge in [-0.1, -0.05) is 0 Å². The third-order valence-corrected chi connectivity index (χ3v) is 1.32. The molecule has 1 unspecified atom stereocenters. The van der Waals surface area contributed by atoms with E-state index in [0.29, 0.717) is 5.76 Å². The molecule has 0 aliphatic rings. The van der Waals surface area contributed by atoms with Gasteiger partial charge in [0.2, 0.25) is 0 Å². The lowest BCUT2D eigenvalue weighted by atomic mass is 10.5. The Balaban J connectivity index is 2.35. The second kappa shape index (κ2) is 3.50. The molecule has 0 aromatic carbocycles. The highest BCUT2D eigenvalue weighted by molar-refractivity contribution is 7.77. The minimum absolute atomic E-state index is 0.211. The zero-order valence-electron chi connectivity index (χ0n) is 5.07. The van der Waals surface area contributed by atoms with Crippen molar-refractivity contribution in [2.24, 2.45) is 0 Å². The van der Waals surface area contributed by atoms with Crippen LogP contribution in [0.25, 0.3) is 0 Å². The van der Waals surface area contributed by atoms with Crippen molar-refractivity contribution < 1.29 is 13.2 Å². The molecule has 0 aliphatic heterocycles. The molecule has 4 nitrogen and oxygen atoms in total. The molecular formula is C5H6NO3S-. The normalized spacial score (nSPS) is 13.3. The van der Waals surface area contributed by atoms with Crippen LogP contribution in [0, 0.1) is 0 Å². The van der Waals surface area contributed by atoms with Gasteiger partial charge < -0.3 is 8.97 Å². The predicted octanol–water partition coefficient (Wildman–Crippen LogP) is 0.163. The maximum absolute atomic E-state index is 9.94. The van der Waals surface area contributed by atoms with Gasteiger partial charge >= 0.3 is 0 Å². The van der Waals surface area contributed by atoms with Gasteiger partial charge in [-0.15, -0.1) is 0 Å². The fourth-order valence-electron chi connectivity index (χ4n) is 0.543. The summed E-state index contributed by atoms with van der Waals surface area (Å²) in [4.78, 5) is 0. The van der Waals surface area contributed by atoms with Crippen molar-refractivity contribution in [1.82, 2.24) is 4.72 Å². The summed E-state index contributed by atoms with van der Waals surface area (Å²) in [5.41, 5.74) is 0. The molecule has 0 spiro atoms. The van der Waals surface area contributed by atoms with E-state index in [1.54, 1.807) is 12.1 Å². The number of furan rings is 1. The Morgan fingerprint density at radius 1 is 1.80 bits per heavy atom. The van der Waals surface area contributed by atoms with Gasteiger partial charge in [-0.2, -0.15) is 0 Å². The average molecular weight is 160 g/mol. The zero-order chi connectivity index (χ0) is 7.40. The summed E-state index contributed by atoms with van der Waals surface area (Å²) in [5.74, 6) is 0.601. The van der Waals surface area contributed by atoms with Gasteiger partial charge in [-0.05, 0) is 12.1 Å². The second-order valence-electron chi connectivity index (χ2n) is 1.64. The van der Waals surface area contributed by atoms with E-state index in [1.807, 2.05) is 0 Å². The molecule has 10 heavy (non-hydrogen) atoms. The first kappa shape index (κ1) is 7.46. The largest absolute Gasteiger partial charge is 0.760 e. The molecule has 56 valence electrons. The van der Waals surface area contributed by atoms with Crippen LogP contribution in [0.1, 0.15) is 5.76 Å². The van der Waals surface area contributed by atoms with Gasteiger partial charge in [0.05, 0.1) is 12.8 Å². The zero-order valence-corrected chi connectivity index (χ0v) is 5.89. The van der Waals surface area contributed by atoms with Crippen LogP contribution in [0.5, 0.6) is 0 Å². The van der Waals surface area contributed by atoms with Gasteiger partial charge in [0.25, 0.3) is 0 Å². The van der Waals surface area contributed by atoms with Crippen LogP contribution in [0.2, 0.25) is 0 Å². The summed E-state index contributed by atoms with van der Waals surface area (Å²) in [6.07, 6.45) is 1.49. The Morgan fingerprint density at radius 3 is 3.10 bits per heavy atom. The molecule has 0 saturated carbocycles. The maximum atomic E-state index is 9.94. The van der Waals surface area contributed by atoms with Crippen LogP contribution in [0.3, 0.4) is 0 Å². The molecule has 1 aromatic rings. The predicted molar refractivity (Wildman–Crippen MR) is 34.5 cm³/mol. The minimum Gasteiger partial charge on any atom is -0.760 e. The maximum Gasteiger partial charge on any atom is 0.118 e. The van der Waals surface area contributed by atoms with Crippen LogP contribution in [-0.2, 0) is 17.8 Å². The van der Waals surface area contributed by atoms with Crippen molar-refractivity contribution in [1.29, 1.82) is 0 Å². The Bertz CT molecular complexity index is 209.